The second-order valence-electron chi connectivity index (χ2n) is 5.62. The molecule has 0 spiro atoms. The first-order chi connectivity index (χ1) is 9.51. The molecule has 3 aliphatic heterocycles. The van der Waals surface area contributed by atoms with E-state index in [1.165, 1.54) is 4.90 Å². The number of imide groups is 1. The molecule has 0 saturated carbocycles. The van der Waals surface area contributed by atoms with Crippen molar-refractivity contribution in [2.24, 2.45) is 11.8 Å². The predicted octanol–water partition coefficient (Wildman–Crippen LogP) is 2.28. The van der Waals surface area contributed by atoms with Gasteiger partial charge in [0, 0.05) is 4.47 Å². The summed E-state index contributed by atoms with van der Waals surface area (Å²) in [7, 11) is 0. The van der Waals surface area contributed by atoms with Gasteiger partial charge in [-0.3, -0.25) is 9.59 Å². The van der Waals surface area contributed by atoms with Crippen molar-refractivity contribution >= 4 is 33.4 Å². The van der Waals surface area contributed by atoms with Gasteiger partial charge in [0.2, 0.25) is 11.8 Å². The summed E-state index contributed by atoms with van der Waals surface area (Å²) in [5.74, 6) is -1.08. The van der Waals surface area contributed by atoms with Gasteiger partial charge in [0.25, 0.3) is 0 Å². The molecule has 0 unspecified atom stereocenters. The van der Waals surface area contributed by atoms with Crippen LogP contribution in [0.25, 0.3) is 0 Å². The number of fused-ring (bicyclic) bond motifs is 5. The SMILES string of the molecule is C[C@@]12C=C[C@H](O1)[C@@H]1C(=O)N(c3ccc(Br)cc3)C(=O)[C@@H]12. The fraction of sp³-hybridized carbons (Fsp3) is 0.333. The summed E-state index contributed by atoms with van der Waals surface area (Å²) in [6.07, 6.45) is 3.55. The highest BCUT2D eigenvalue weighted by Crippen LogP contribution is 2.52. The van der Waals surface area contributed by atoms with Gasteiger partial charge in [-0.2, -0.15) is 0 Å². The standard InChI is InChI=1S/C15H12BrNO3/c1-15-7-6-10(20-15)11-12(15)14(19)17(13(11)18)9-4-2-8(16)3-5-9/h2-7,10-12H,1H3/t10-,11-,12+,15-/m0/s1. The summed E-state index contributed by atoms with van der Waals surface area (Å²) in [4.78, 5) is 26.6. The number of carbonyl (C=O) groups excluding carboxylic acids is 2. The van der Waals surface area contributed by atoms with E-state index in [1.54, 1.807) is 12.1 Å². The zero-order valence-electron chi connectivity index (χ0n) is 10.7. The molecule has 1 aromatic carbocycles. The van der Waals surface area contributed by atoms with Crippen molar-refractivity contribution in [2.75, 3.05) is 4.90 Å². The molecule has 0 N–H and O–H groups in total. The van der Waals surface area contributed by atoms with Gasteiger partial charge in [0.15, 0.2) is 0 Å². The smallest absolute Gasteiger partial charge is 0.241 e. The maximum atomic E-state index is 12.7. The monoisotopic (exact) mass is 333 g/mol. The summed E-state index contributed by atoms with van der Waals surface area (Å²) < 4.78 is 6.70. The summed E-state index contributed by atoms with van der Waals surface area (Å²) in [5, 5.41) is 0. The van der Waals surface area contributed by atoms with Crippen LogP contribution in [0, 0.1) is 11.8 Å². The minimum Gasteiger partial charge on any atom is -0.362 e. The Morgan fingerprint density at radius 3 is 2.55 bits per heavy atom. The van der Waals surface area contributed by atoms with Crippen molar-refractivity contribution in [3.63, 3.8) is 0 Å². The van der Waals surface area contributed by atoms with Gasteiger partial charge in [0.1, 0.15) is 0 Å². The molecule has 1 aromatic rings. The molecule has 2 saturated heterocycles. The molecular weight excluding hydrogens is 322 g/mol. The molecule has 3 aliphatic rings. The first-order valence-electron chi connectivity index (χ1n) is 6.52. The average Bonchev–Trinajstić information content (AvgIpc) is 3.01. The third-order valence-corrected chi connectivity index (χ3v) is 4.94. The molecule has 2 amide bonds. The zero-order valence-corrected chi connectivity index (χ0v) is 12.3. The summed E-state index contributed by atoms with van der Waals surface area (Å²) in [5.41, 5.74) is -0.00719. The molecule has 5 heteroatoms. The Kier molecular flexibility index (Phi) is 2.34. The molecule has 2 fully saturated rings. The lowest BCUT2D eigenvalue weighted by Gasteiger charge is -2.24. The Morgan fingerprint density at radius 2 is 1.90 bits per heavy atom. The van der Waals surface area contributed by atoms with Crippen molar-refractivity contribution in [2.45, 2.75) is 18.6 Å². The fourth-order valence-electron chi connectivity index (χ4n) is 3.50. The van der Waals surface area contributed by atoms with E-state index in [2.05, 4.69) is 15.9 Å². The number of ether oxygens (including phenoxy) is 1. The molecule has 3 heterocycles. The van der Waals surface area contributed by atoms with E-state index < -0.39 is 11.5 Å². The highest BCUT2D eigenvalue weighted by atomic mass is 79.9. The minimum absolute atomic E-state index is 0.152. The lowest BCUT2D eigenvalue weighted by molar-refractivity contribution is -0.126. The van der Waals surface area contributed by atoms with E-state index in [0.717, 1.165) is 4.47 Å². The van der Waals surface area contributed by atoms with Crippen LogP contribution in [0.3, 0.4) is 0 Å². The topological polar surface area (TPSA) is 46.6 Å². The van der Waals surface area contributed by atoms with Crippen LogP contribution < -0.4 is 4.90 Å². The van der Waals surface area contributed by atoms with E-state index in [-0.39, 0.29) is 23.8 Å². The lowest BCUT2D eigenvalue weighted by atomic mass is 9.78. The van der Waals surface area contributed by atoms with Crippen molar-refractivity contribution in [1.82, 2.24) is 0 Å². The highest BCUT2D eigenvalue weighted by molar-refractivity contribution is 9.10. The fourth-order valence-corrected chi connectivity index (χ4v) is 3.76. The Labute approximate surface area is 124 Å². The van der Waals surface area contributed by atoms with Crippen LogP contribution in [-0.4, -0.2) is 23.5 Å². The molecule has 4 rings (SSSR count). The van der Waals surface area contributed by atoms with E-state index in [4.69, 9.17) is 4.74 Å². The summed E-state index contributed by atoms with van der Waals surface area (Å²) in [6, 6.07) is 7.21. The number of hydrogen-bond donors (Lipinski definition) is 0. The van der Waals surface area contributed by atoms with Gasteiger partial charge in [-0.1, -0.05) is 28.1 Å². The number of carbonyl (C=O) groups is 2. The predicted molar refractivity (Wildman–Crippen MR) is 76.0 cm³/mol. The van der Waals surface area contributed by atoms with Crippen molar-refractivity contribution in [1.29, 1.82) is 0 Å². The number of benzene rings is 1. The maximum absolute atomic E-state index is 12.7. The number of rotatable bonds is 1. The lowest BCUT2D eigenvalue weighted by Crippen LogP contribution is -2.38. The van der Waals surface area contributed by atoms with Crippen LogP contribution >= 0.6 is 15.9 Å². The number of nitrogens with zero attached hydrogens (tertiary/aromatic N) is 1. The van der Waals surface area contributed by atoms with Gasteiger partial charge in [-0.05, 0) is 31.2 Å². The van der Waals surface area contributed by atoms with Gasteiger partial charge < -0.3 is 4.74 Å². The molecule has 4 atom stereocenters. The molecule has 20 heavy (non-hydrogen) atoms. The largest absolute Gasteiger partial charge is 0.362 e. The van der Waals surface area contributed by atoms with Gasteiger partial charge in [-0.25, -0.2) is 4.90 Å². The second-order valence-corrected chi connectivity index (χ2v) is 6.53. The quantitative estimate of drug-likeness (QED) is 0.585. The Balaban J connectivity index is 1.77. The van der Waals surface area contributed by atoms with Gasteiger partial charge in [-0.15, -0.1) is 0 Å². The van der Waals surface area contributed by atoms with E-state index in [1.807, 2.05) is 31.2 Å². The molecular formula is C15H12BrNO3. The van der Waals surface area contributed by atoms with E-state index in [9.17, 15) is 9.59 Å². The number of anilines is 1. The first kappa shape index (κ1) is 12.3. The first-order valence-corrected chi connectivity index (χ1v) is 7.31. The Bertz CT molecular complexity index is 654. The van der Waals surface area contributed by atoms with Crippen LogP contribution in [0.2, 0.25) is 0 Å². The third-order valence-electron chi connectivity index (χ3n) is 4.41. The number of halogens is 1. The molecule has 0 aliphatic carbocycles. The Morgan fingerprint density at radius 1 is 1.20 bits per heavy atom. The second kappa shape index (κ2) is 3.80. The molecule has 0 radical (unpaired) electrons. The van der Waals surface area contributed by atoms with E-state index >= 15 is 0 Å². The molecule has 2 bridgehead atoms. The van der Waals surface area contributed by atoms with Gasteiger partial charge in [0.05, 0.1) is 29.2 Å². The number of hydrogen-bond acceptors (Lipinski definition) is 3. The number of amides is 2. The van der Waals surface area contributed by atoms with Crippen LogP contribution in [0.5, 0.6) is 0 Å². The van der Waals surface area contributed by atoms with Gasteiger partial charge >= 0.3 is 0 Å². The van der Waals surface area contributed by atoms with Crippen molar-refractivity contribution in [3.8, 4) is 0 Å². The van der Waals surface area contributed by atoms with Crippen LogP contribution in [0.1, 0.15) is 6.92 Å². The average molecular weight is 334 g/mol. The van der Waals surface area contributed by atoms with Crippen molar-refractivity contribution < 1.29 is 14.3 Å². The highest BCUT2D eigenvalue weighted by Gasteiger charge is 2.65. The van der Waals surface area contributed by atoms with Crippen LogP contribution in [0.4, 0.5) is 5.69 Å². The van der Waals surface area contributed by atoms with Crippen molar-refractivity contribution in [3.05, 3.63) is 40.9 Å². The van der Waals surface area contributed by atoms with E-state index in [0.29, 0.717) is 5.69 Å². The Hall–Kier alpha value is -1.46. The van der Waals surface area contributed by atoms with Crippen LogP contribution in [-0.2, 0) is 14.3 Å². The molecule has 0 aromatic heterocycles. The van der Waals surface area contributed by atoms with Crippen LogP contribution in [0.15, 0.2) is 40.9 Å². The summed E-state index contributed by atoms with van der Waals surface area (Å²) in [6.45, 7) is 1.88. The zero-order chi connectivity index (χ0) is 14.1. The molecule has 102 valence electrons. The maximum Gasteiger partial charge on any atom is 0.241 e. The minimum atomic E-state index is -0.633. The third kappa shape index (κ3) is 1.39. The normalized spacial score (nSPS) is 37.9. The molecule has 4 nitrogen and oxygen atoms in total. The summed E-state index contributed by atoms with van der Waals surface area (Å²) >= 11 is 3.35.